The number of halogens is 2. The normalized spacial score (nSPS) is 15.0. The third-order valence-electron chi connectivity index (χ3n) is 4.20. The molecule has 0 bridgehead atoms. The van der Waals surface area contributed by atoms with Gasteiger partial charge in [-0.1, -0.05) is 23.2 Å². The summed E-state index contributed by atoms with van der Waals surface area (Å²) in [7, 11) is 0. The van der Waals surface area contributed by atoms with Crippen LogP contribution in [0.2, 0.25) is 10.2 Å². The molecule has 0 radical (unpaired) electrons. The van der Waals surface area contributed by atoms with Crippen molar-refractivity contribution in [1.29, 1.82) is 0 Å². The molecule has 148 valence electrons. The molecule has 1 unspecified atom stereocenters. The molecule has 1 aliphatic rings. The highest BCUT2D eigenvalue weighted by Crippen LogP contribution is 2.21. The molecule has 0 saturated carbocycles. The molecule has 1 aromatic carbocycles. The van der Waals surface area contributed by atoms with Crippen molar-refractivity contribution in [2.24, 2.45) is 0 Å². The van der Waals surface area contributed by atoms with Crippen LogP contribution in [0.4, 0.5) is 11.4 Å². The van der Waals surface area contributed by atoms with E-state index in [2.05, 4.69) is 15.2 Å². The number of morpholine rings is 1. The molecule has 1 amide bonds. The van der Waals surface area contributed by atoms with Crippen molar-refractivity contribution in [2.45, 2.75) is 13.0 Å². The Labute approximate surface area is 172 Å². The van der Waals surface area contributed by atoms with Crippen molar-refractivity contribution >= 4 is 46.5 Å². The Kier molecular flexibility index (Phi) is 6.72. The van der Waals surface area contributed by atoms with Crippen molar-refractivity contribution in [3.8, 4) is 0 Å². The number of nitrogens with zero attached hydrogens (tertiary/aromatic N) is 2. The number of nitrogens with one attached hydrogen (secondary N) is 1. The first-order chi connectivity index (χ1) is 13.4. The Bertz CT molecular complexity index is 855. The number of benzene rings is 1. The van der Waals surface area contributed by atoms with Crippen LogP contribution < -0.4 is 10.2 Å². The van der Waals surface area contributed by atoms with Crippen LogP contribution in [0.15, 0.2) is 36.5 Å². The van der Waals surface area contributed by atoms with Crippen molar-refractivity contribution in [2.75, 3.05) is 36.5 Å². The lowest BCUT2D eigenvalue weighted by Gasteiger charge is -2.28. The average Bonchev–Trinajstić information content (AvgIpc) is 2.71. The molecule has 1 saturated heterocycles. The van der Waals surface area contributed by atoms with Gasteiger partial charge in [0.15, 0.2) is 6.10 Å². The number of ether oxygens (including phenoxy) is 2. The maximum absolute atomic E-state index is 12.3. The zero-order valence-corrected chi connectivity index (χ0v) is 16.7. The van der Waals surface area contributed by atoms with Gasteiger partial charge in [0, 0.05) is 30.7 Å². The highest BCUT2D eigenvalue weighted by Gasteiger charge is 2.20. The minimum atomic E-state index is -0.999. The van der Waals surface area contributed by atoms with E-state index in [1.54, 1.807) is 12.1 Å². The second kappa shape index (κ2) is 9.23. The first-order valence-corrected chi connectivity index (χ1v) is 9.45. The number of rotatable bonds is 5. The molecule has 3 rings (SSSR count). The highest BCUT2D eigenvalue weighted by atomic mass is 35.5. The fourth-order valence-corrected chi connectivity index (χ4v) is 2.91. The monoisotopic (exact) mass is 423 g/mol. The first kappa shape index (κ1) is 20.4. The Morgan fingerprint density at radius 2 is 1.89 bits per heavy atom. The van der Waals surface area contributed by atoms with Gasteiger partial charge in [-0.05, 0) is 37.3 Å². The quantitative estimate of drug-likeness (QED) is 0.586. The Hall–Kier alpha value is -2.35. The second-order valence-corrected chi connectivity index (χ2v) is 6.94. The van der Waals surface area contributed by atoms with Crippen LogP contribution in [0.25, 0.3) is 0 Å². The van der Waals surface area contributed by atoms with Crippen LogP contribution in [0, 0.1) is 0 Å². The van der Waals surface area contributed by atoms with Gasteiger partial charge in [-0.25, -0.2) is 9.78 Å². The van der Waals surface area contributed by atoms with E-state index in [0.29, 0.717) is 18.9 Å². The van der Waals surface area contributed by atoms with Crippen LogP contribution in [-0.4, -0.2) is 49.3 Å². The Morgan fingerprint density at radius 1 is 1.21 bits per heavy atom. The van der Waals surface area contributed by atoms with E-state index in [9.17, 15) is 9.59 Å². The lowest BCUT2D eigenvalue weighted by Crippen LogP contribution is -2.36. The lowest BCUT2D eigenvalue weighted by atomic mass is 10.2. The van der Waals surface area contributed by atoms with Crippen molar-refractivity contribution in [3.63, 3.8) is 0 Å². The van der Waals surface area contributed by atoms with E-state index in [1.165, 1.54) is 19.2 Å². The summed E-state index contributed by atoms with van der Waals surface area (Å²) in [4.78, 5) is 30.4. The molecule has 2 aromatic rings. The molecule has 1 fully saturated rings. The van der Waals surface area contributed by atoms with Gasteiger partial charge in [0.25, 0.3) is 5.91 Å². The molecule has 7 nitrogen and oxygen atoms in total. The van der Waals surface area contributed by atoms with E-state index in [4.69, 9.17) is 32.7 Å². The molecule has 9 heteroatoms. The van der Waals surface area contributed by atoms with Crippen LogP contribution in [0.3, 0.4) is 0 Å². The molecular weight excluding hydrogens is 405 g/mol. The fourth-order valence-electron chi connectivity index (χ4n) is 2.64. The predicted molar refractivity (Wildman–Crippen MR) is 107 cm³/mol. The van der Waals surface area contributed by atoms with E-state index >= 15 is 0 Å². The third-order valence-corrected chi connectivity index (χ3v) is 4.88. The number of aromatic nitrogens is 1. The summed E-state index contributed by atoms with van der Waals surface area (Å²) in [5.41, 5.74) is 1.79. The summed E-state index contributed by atoms with van der Waals surface area (Å²) in [6.07, 6.45) is 0.242. The first-order valence-electron chi connectivity index (χ1n) is 8.69. The van der Waals surface area contributed by atoms with Crippen LogP contribution in [0.5, 0.6) is 0 Å². The SMILES string of the molecule is CC(OC(=O)c1cnc(Cl)c(Cl)c1)C(=O)Nc1ccc(N2CCOCC2)cc1. The summed E-state index contributed by atoms with van der Waals surface area (Å²) < 4.78 is 10.5. The van der Waals surface area contributed by atoms with Crippen LogP contribution >= 0.6 is 23.2 Å². The van der Waals surface area contributed by atoms with E-state index in [0.717, 1.165) is 18.8 Å². The second-order valence-electron chi connectivity index (χ2n) is 6.18. The van der Waals surface area contributed by atoms with Gasteiger partial charge in [0.1, 0.15) is 5.15 Å². The van der Waals surface area contributed by atoms with Gasteiger partial charge < -0.3 is 19.7 Å². The maximum Gasteiger partial charge on any atom is 0.340 e. The summed E-state index contributed by atoms with van der Waals surface area (Å²) >= 11 is 11.6. The van der Waals surface area contributed by atoms with Crippen LogP contribution in [-0.2, 0) is 14.3 Å². The molecule has 2 heterocycles. The summed E-state index contributed by atoms with van der Waals surface area (Å²) in [5.74, 6) is -1.16. The Balaban J connectivity index is 1.56. The zero-order valence-electron chi connectivity index (χ0n) is 15.2. The van der Waals surface area contributed by atoms with E-state index in [-0.39, 0.29) is 15.7 Å². The van der Waals surface area contributed by atoms with Gasteiger partial charge in [0.05, 0.1) is 23.8 Å². The van der Waals surface area contributed by atoms with Crippen molar-refractivity contribution in [3.05, 3.63) is 52.3 Å². The summed E-state index contributed by atoms with van der Waals surface area (Å²) in [6, 6.07) is 8.81. The molecule has 1 N–H and O–H groups in total. The van der Waals surface area contributed by atoms with Gasteiger partial charge in [-0.3, -0.25) is 4.79 Å². The van der Waals surface area contributed by atoms with E-state index in [1.807, 2.05) is 12.1 Å². The average molecular weight is 424 g/mol. The molecule has 1 atom stereocenters. The topological polar surface area (TPSA) is 80.8 Å². The number of carbonyl (C=O) groups excluding carboxylic acids is 2. The largest absolute Gasteiger partial charge is 0.449 e. The fraction of sp³-hybridized carbons (Fsp3) is 0.316. The number of pyridine rings is 1. The van der Waals surface area contributed by atoms with Gasteiger partial charge in [0.2, 0.25) is 0 Å². The molecule has 0 aliphatic carbocycles. The summed E-state index contributed by atoms with van der Waals surface area (Å²) in [5, 5.41) is 2.95. The zero-order chi connectivity index (χ0) is 20.1. The number of amides is 1. The van der Waals surface area contributed by atoms with Gasteiger partial charge in [-0.15, -0.1) is 0 Å². The highest BCUT2D eigenvalue weighted by molar-refractivity contribution is 6.41. The summed E-state index contributed by atoms with van der Waals surface area (Å²) in [6.45, 7) is 4.57. The number of esters is 1. The van der Waals surface area contributed by atoms with Crippen molar-refractivity contribution < 1.29 is 19.1 Å². The van der Waals surface area contributed by atoms with Gasteiger partial charge >= 0.3 is 5.97 Å². The van der Waals surface area contributed by atoms with Crippen molar-refractivity contribution in [1.82, 2.24) is 4.98 Å². The van der Waals surface area contributed by atoms with Crippen LogP contribution in [0.1, 0.15) is 17.3 Å². The number of anilines is 2. The molecule has 0 spiro atoms. The number of hydrogen-bond acceptors (Lipinski definition) is 6. The third kappa shape index (κ3) is 5.13. The Morgan fingerprint density at radius 3 is 2.54 bits per heavy atom. The molecule has 1 aliphatic heterocycles. The number of carbonyl (C=O) groups is 2. The minimum Gasteiger partial charge on any atom is -0.449 e. The van der Waals surface area contributed by atoms with E-state index < -0.39 is 18.0 Å². The maximum atomic E-state index is 12.3. The molecule has 1 aromatic heterocycles. The molecule has 28 heavy (non-hydrogen) atoms. The predicted octanol–water partition coefficient (Wildman–Crippen LogP) is 3.41. The standard InChI is InChI=1S/C19H19Cl2N3O4/c1-12(28-19(26)13-10-16(20)17(21)22-11-13)18(25)23-14-2-4-15(5-3-14)24-6-8-27-9-7-24/h2-5,10-12H,6-9H2,1H3,(H,23,25). The lowest BCUT2D eigenvalue weighted by molar-refractivity contribution is -0.123. The smallest absolute Gasteiger partial charge is 0.340 e. The minimum absolute atomic E-state index is 0.0875. The number of hydrogen-bond donors (Lipinski definition) is 1. The van der Waals surface area contributed by atoms with Gasteiger partial charge in [-0.2, -0.15) is 0 Å². The molecular formula is C19H19Cl2N3O4.